The average molecular weight is 250 g/mol. The molecule has 0 bridgehead atoms. The normalized spacial score (nSPS) is 12.2. The van der Waals surface area contributed by atoms with E-state index in [4.69, 9.17) is 0 Å². The standard InChI is InChI=1S/C9H18N2O4S/c1-7(12)5-8(13)10-6-9(2,3)11-16(4,14)15/h11H,5-6H2,1-4H3,(H,10,13). The van der Waals surface area contributed by atoms with Crippen LogP contribution in [0.5, 0.6) is 0 Å². The number of sulfonamides is 1. The fraction of sp³-hybridized carbons (Fsp3) is 0.778. The van der Waals surface area contributed by atoms with Crippen molar-refractivity contribution in [1.82, 2.24) is 10.0 Å². The topological polar surface area (TPSA) is 92.3 Å². The Labute approximate surface area is 95.8 Å². The molecule has 0 unspecified atom stereocenters. The molecule has 0 aliphatic rings. The Morgan fingerprint density at radius 1 is 1.25 bits per heavy atom. The molecule has 7 heteroatoms. The molecule has 0 aliphatic heterocycles. The van der Waals surface area contributed by atoms with Gasteiger partial charge in [-0.25, -0.2) is 13.1 Å². The van der Waals surface area contributed by atoms with Crippen molar-refractivity contribution in [3.05, 3.63) is 0 Å². The minimum absolute atomic E-state index is 0.131. The second-order valence-corrected chi connectivity index (χ2v) is 6.16. The summed E-state index contributed by atoms with van der Waals surface area (Å²) < 4.78 is 24.4. The lowest BCUT2D eigenvalue weighted by Gasteiger charge is -2.25. The first-order valence-corrected chi connectivity index (χ1v) is 6.66. The maximum atomic E-state index is 11.2. The number of carbonyl (C=O) groups excluding carboxylic acids is 2. The van der Waals surface area contributed by atoms with Crippen LogP contribution >= 0.6 is 0 Å². The fourth-order valence-corrected chi connectivity index (χ4v) is 2.22. The summed E-state index contributed by atoms with van der Waals surface area (Å²) in [7, 11) is -3.32. The number of hydrogen-bond acceptors (Lipinski definition) is 4. The van der Waals surface area contributed by atoms with E-state index in [9.17, 15) is 18.0 Å². The van der Waals surface area contributed by atoms with E-state index in [0.717, 1.165) is 6.26 Å². The zero-order valence-corrected chi connectivity index (χ0v) is 10.8. The van der Waals surface area contributed by atoms with Gasteiger partial charge in [0.25, 0.3) is 0 Å². The molecule has 0 aliphatic carbocycles. The summed E-state index contributed by atoms with van der Waals surface area (Å²) in [6.45, 7) is 4.73. The lowest BCUT2D eigenvalue weighted by Crippen LogP contribution is -2.51. The molecule has 0 heterocycles. The quantitative estimate of drug-likeness (QED) is 0.616. The predicted octanol–water partition coefficient (Wildman–Crippen LogP) is -0.590. The van der Waals surface area contributed by atoms with Gasteiger partial charge in [0, 0.05) is 12.1 Å². The third-order valence-electron chi connectivity index (χ3n) is 1.60. The first-order chi connectivity index (χ1) is 7.02. The average Bonchev–Trinajstić information content (AvgIpc) is 1.95. The molecule has 16 heavy (non-hydrogen) atoms. The summed E-state index contributed by atoms with van der Waals surface area (Å²) in [6.07, 6.45) is 0.862. The van der Waals surface area contributed by atoms with E-state index < -0.39 is 21.5 Å². The van der Waals surface area contributed by atoms with Gasteiger partial charge in [-0.3, -0.25) is 9.59 Å². The predicted molar refractivity (Wildman–Crippen MR) is 60.4 cm³/mol. The first-order valence-electron chi connectivity index (χ1n) is 4.77. The van der Waals surface area contributed by atoms with E-state index in [1.807, 2.05) is 0 Å². The summed E-state index contributed by atoms with van der Waals surface area (Å²) in [6, 6.07) is 0. The molecule has 0 rings (SSSR count). The number of carbonyl (C=O) groups is 2. The van der Waals surface area contributed by atoms with Crippen LogP contribution < -0.4 is 10.0 Å². The van der Waals surface area contributed by atoms with Crippen LogP contribution in [0.4, 0.5) is 0 Å². The van der Waals surface area contributed by atoms with Crippen molar-refractivity contribution in [1.29, 1.82) is 0 Å². The molecule has 0 saturated carbocycles. The van der Waals surface area contributed by atoms with Crippen LogP contribution in [0.15, 0.2) is 0 Å². The number of Topliss-reactive ketones (excluding diaryl/α,β-unsaturated/α-hetero) is 1. The minimum atomic E-state index is -3.32. The van der Waals surface area contributed by atoms with Crippen LogP contribution in [0, 0.1) is 0 Å². The molecular weight excluding hydrogens is 232 g/mol. The molecule has 0 atom stereocenters. The fourth-order valence-electron chi connectivity index (χ4n) is 1.15. The highest BCUT2D eigenvalue weighted by molar-refractivity contribution is 7.88. The van der Waals surface area contributed by atoms with E-state index in [1.54, 1.807) is 13.8 Å². The highest BCUT2D eigenvalue weighted by Crippen LogP contribution is 2.01. The van der Waals surface area contributed by atoms with Gasteiger partial charge in [-0.15, -0.1) is 0 Å². The summed E-state index contributed by atoms with van der Waals surface area (Å²) >= 11 is 0. The first kappa shape index (κ1) is 15.0. The molecule has 2 N–H and O–H groups in total. The smallest absolute Gasteiger partial charge is 0.227 e. The summed E-state index contributed by atoms with van der Waals surface area (Å²) in [5.41, 5.74) is -0.778. The maximum Gasteiger partial charge on any atom is 0.227 e. The van der Waals surface area contributed by atoms with Gasteiger partial charge < -0.3 is 5.32 Å². The number of ketones is 1. The van der Waals surface area contributed by atoms with Gasteiger partial charge in [0.15, 0.2) is 0 Å². The van der Waals surface area contributed by atoms with Crippen LogP contribution in [-0.2, 0) is 19.6 Å². The molecule has 1 amide bonds. The highest BCUT2D eigenvalue weighted by Gasteiger charge is 2.22. The molecule has 0 radical (unpaired) electrons. The van der Waals surface area contributed by atoms with Crippen LogP contribution in [-0.4, -0.2) is 38.4 Å². The van der Waals surface area contributed by atoms with Gasteiger partial charge in [-0.2, -0.15) is 0 Å². The van der Waals surface area contributed by atoms with Gasteiger partial charge in [0.1, 0.15) is 5.78 Å². The Morgan fingerprint density at radius 2 is 1.75 bits per heavy atom. The van der Waals surface area contributed by atoms with Gasteiger partial charge in [0.05, 0.1) is 12.7 Å². The molecule has 0 fully saturated rings. The van der Waals surface area contributed by atoms with E-state index in [2.05, 4.69) is 10.0 Å². The largest absolute Gasteiger partial charge is 0.354 e. The Bertz CT molecular complexity index is 373. The van der Waals surface area contributed by atoms with E-state index in [-0.39, 0.29) is 18.7 Å². The zero-order valence-electron chi connectivity index (χ0n) is 9.96. The second-order valence-electron chi connectivity index (χ2n) is 4.41. The van der Waals surface area contributed by atoms with E-state index >= 15 is 0 Å². The summed E-state index contributed by atoms with van der Waals surface area (Å²) in [4.78, 5) is 21.8. The van der Waals surface area contributed by atoms with Crippen molar-refractivity contribution in [2.75, 3.05) is 12.8 Å². The van der Waals surface area contributed by atoms with Gasteiger partial charge >= 0.3 is 0 Å². The van der Waals surface area contributed by atoms with E-state index in [0.29, 0.717) is 0 Å². The SMILES string of the molecule is CC(=O)CC(=O)NCC(C)(C)NS(C)(=O)=O. The molecule has 0 spiro atoms. The van der Waals surface area contributed by atoms with Crippen molar-refractivity contribution >= 4 is 21.7 Å². The molecule has 0 aromatic rings. The van der Waals surface area contributed by atoms with Crippen LogP contribution in [0.1, 0.15) is 27.2 Å². The van der Waals surface area contributed by atoms with Crippen LogP contribution in [0.2, 0.25) is 0 Å². The third kappa shape index (κ3) is 8.37. The molecule has 0 aromatic heterocycles. The van der Waals surface area contributed by atoms with Crippen LogP contribution in [0.25, 0.3) is 0 Å². The van der Waals surface area contributed by atoms with Gasteiger partial charge in [-0.1, -0.05) is 0 Å². The van der Waals surface area contributed by atoms with Gasteiger partial charge in [0.2, 0.25) is 15.9 Å². The lowest BCUT2D eigenvalue weighted by molar-refractivity contribution is -0.127. The van der Waals surface area contributed by atoms with Crippen molar-refractivity contribution in [2.24, 2.45) is 0 Å². The Kier molecular flexibility index (Phi) is 5.08. The second kappa shape index (κ2) is 5.40. The number of amides is 1. The monoisotopic (exact) mass is 250 g/mol. The molecule has 94 valence electrons. The molecule has 6 nitrogen and oxygen atoms in total. The molecule has 0 saturated heterocycles. The van der Waals surface area contributed by atoms with Crippen molar-refractivity contribution in [3.8, 4) is 0 Å². The molecular formula is C9H18N2O4S. The third-order valence-corrected chi connectivity index (χ3v) is 2.52. The number of nitrogens with one attached hydrogen (secondary N) is 2. The minimum Gasteiger partial charge on any atom is -0.354 e. The van der Waals surface area contributed by atoms with E-state index in [1.165, 1.54) is 6.92 Å². The van der Waals surface area contributed by atoms with Crippen LogP contribution in [0.3, 0.4) is 0 Å². The van der Waals surface area contributed by atoms with Crippen molar-refractivity contribution in [2.45, 2.75) is 32.7 Å². The Morgan fingerprint density at radius 3 is 2.12 bits per heavy atom. The highest BCUT2D eigenvalue weighted by atomic mass is 32.2. The maximum absolute atomic E-state index is 11.2. The zero-order chi connectivity index (χ0) is 13.0. The number of rotatable bonds is 6. The lowest BCUT2D eigenvalue weighted by atomic mass is 10.1. The number of hydrogen-bond donors (Lipinski definition) is 2. The van der Waals surface area contributed by atoms with Crippen molar-refractivity contribution < 1.29 is 18.0 Å². The van der Waals surface area contributed by atoms with Crippen molar-refractivity contribution in [3.63, 3.8) is 0 Å². The summed E-state index contributed by atoms with van der Waals surface area (Å²) in [5, 5.41) is 2.49. The Hall–Kier alpha value is -0.950. The molecule has 0 aromatic carbocycles. The Balaban J connectivity index is 4.19. The van der Waals surface area contributed by atoms with Gasteiger partial charge in [-0.05, 0) is 20.8 Å². The summed E-state index contributed by atoms with van der Waals surface area (Å²) in [5.74, 6) is -0.637.